The van der Waals surface area contributed by atoms with Crippen molar-refractivity contribution in [3.05, 3.63) is 0 Å². The molecular weight excluding hydrogens is 132 g/mol. The Morgan fingerprint density at radius 2 is 2.60 bits per heavy atom. The SMILES string of the molecule is C#C[C@]1(C)OC(=O)C[C@@H]1O. The van der Waals surface area contributed by atoms with E-state index in [4.69, 9.17) is 11.5 Å². The summed E-state index contributed by atoms with van der Waals surface area (Å²) in [5, 5.41) is 9.13. The van der Waals surface area contributed by atoms with Gasteiger partial charge in [-0.15, -0.1) is 6.42 Å². The molecule has 54 valence electrons. The van der Waals surface area contributed by atoms with Crippen molar-refractivity contribution < 1.29 is 14.6 Å². The molecule has 0 amide bonds. The number of terminal acetylenes is 1. The summed E-state index contributed by atoms with van der Waals surface area (Å²) in [5.74, 6) is 1.79. The summed E-state index contributed by atoms with van der Waals surface area (Å²) in [6.07, 6.45) is 4.18. The number of rotatable bonds is 0. The third-order valence-electron chi connectivity index (χ3n) is 1.61. The van der Waals surface area contributed by atoms with Gasteiger partial charge in [-0.2, -0.15) is 0 Å². The van der Waals surface area contributed by atoms with Crippen LogP contribution in [-0.4, -0.2) is 22.8 Å². The zero-order valence-electron chi connectivity index (χ0n) is 5.63. The van der Waals surface area contributed by atoms with Crippen molar-refractivity contribution >= 4 is 5.97 Å². The predicted octanol–water partition coefficient (Wildman–Crippen LogP) is -0.314. The molecule has 0 radical (unpaired) electrons. The van der Waals surface area contributed by atoms with E-state index in [1.165, 1.54) is 6.92 Å². The minimum atomic E-state index is -1.10. The third kappa shape index (κ3) is 0.869. The number of esters is 1. The highest BCUT2D eigenvalue weighted by molar-refractivity contribution is 5.74. The van der Waals surface area contributed by atoms with Gasteiger partial charge in [-0.25, -0.2) is 0 Å². The summed E-state index contributed by atoms with van der Waals surface area (Å²) in [6, 6.07) is 0. The number of aliphatic hydroxyl groups is 1. The van der Waals surface area contributed by atoms with Gasteiger partial charge in [-0.3, -0.25) is 4.79 Å². The zero-order valence-corrected chi connectivity index (χ0v) is 5.63. The van der Waals surface area contributed by atoms with E-state index in [1.807, 2.05) is 0 Å². The van der Waals surface area contributed by atoms with Gasteiger partial charge in [-0.05, 0) is 6.92 Å². The predicted molar refractivity (Wildman–Crippen MR) is 34.0 cm³/mol. The van der Waals surface area contributed by atoms with Gasteiger partial charge in [0, 0.05) is 0 Å². The molecule has 1 aliphatic heterocycles. The van der Waals surface area contributed by atoms with E-state index < -0.39 is 17.7 Å². The molecule has 0 spiro atoms. The van der Waals surface area contributed by atoms with E-state index in [1.54, 1.807) is 0 Å². The summed E-state index contributed by atoms with van der Waals surface area (Å²) in [5.41, 5.74) is -1.10. The Morgan fingerprint density at radius 3 is 2.80 bits per heavy atom. The molecule has 0 unspecified atom stereocenters. The molecule has 1 rings (SSSR count). The molecule has 1 N–H and O–H groups in total. The first-order valence-corrected chi connectivity index (χ1v) is 2.96. The van der Waals surface area contributed by atoms with Crippen molar-refractivity contribution in [1.29, 1.82) is 0 Å². The van der Waals surface area contributed by atoms with Crippen LogP contribution in [0.15, 0.2) is 0 Å². The molecule has 1 saturated heterocycles. The minimum Gasteiger partial charge on any atom is -0.443 e. The van der Waals surface area contributed by atoms with Crippen LogP contribution in [0.5, 0.6) is 0 Å². The fourth-order valence-corrected chi connectivity index (χ4v) is 0.824. The van der Waals surface area contributed by atoms with Gasteiger partial charge < -0.3 is 9.84 Å². The van der Waals surface area contributed by atoms with Crippen LogP contribution in [0.2, 0.25) is 0 Å². The lowest BCUT2D eigenvalue weighted by atomic mass is 10.0. The van der Waals surface area contributed by atoms with Gasteiger partial charge in [-0.1, -0.05) is 5.92 Å². The second kappa shape index (κ2) is 1.99. The van der Waals surface area contributed by atoms with Crippen LogP contribution < -0.4 is 0 Å². The fourth-order valence-electron chi connectivity index (χ4n) is 0.824. The van der Waals surface area contributed by atoms with Crippen LogP contribution >= 0.6 is 0 Å². The Labute approximate surface area is 59.0 Å². The molecule has 1 fully saturated rings. The van der Waals surface area contributed by atoms with Crippen LogP contribution in [0.3, 0.4) is 0 Å². The van der Waals surface area contributed by atoms with Gasteiger partial charge in [0.1, 0.15) is 6.10 Å². The first-order valence-electron chi connectivity index (χ1n) is 2.96. The van der Waals surface area contributed by atoms with Gasteiger partial charge in [0.15, 0.2) is 5.60 Å². The summed E-state index contributed by atoms with van der Waals surface area (Å²) >= 11 is 0. The normalized spacial score (nSPS) is 38.9. The summed E-state index contributed by atoms with van der Waals surface area (Å²) < 4.78 is 4.69. The Kier molecular flexibility index (Phi) is 1.42. The highest BCUT2D eigenvalue weighted by Crippen LogP contribution is 2.25. The zero-order chi connectivity index (χ0) is 7.78. The van der Waals surface area contributed by atoms with Crippen molar-refractivity contribution in [2.75, 3.05) is 0 Å². The fraction of sp³-hybridized carbons (Fsp3) is 0.571. The summed E-state index contributed by atoms with van der Waals surface area (Å²) in [4.78, 5) is 10.6. The maximum absolute atomic E-state index is 10.6. The van der Waals surface area contributed by atoms with E-state index in [-0.39, 0.29) is 6.42 Å². The van der Waals surface area contributed by atoms with Crippen molar-refractivity contribution in [3.8, 4) is 12.3 Å². The first kappa shape index (κ1) is 7.10. The molecule has 0 aromatic heterocycles. The van der Waals surface area contributed by atoms with Crippen molar-refractivity contribution in [2.45, 2.75) is 25.0 Å². The quantitative estimate of drug-likeness (QED) is 0.370. The average Bonchev–Trinajstić information content (AvgIpc) is 2.09. The van der Waals surface area contributed by atoms with Crippen molar-refractivity contribution in [1.82, 2.24) is 0 Å². The molecular formula is C7H8O3. The number of cyclic esters (lactones) is 1. The summed E-state index contributed by atoms with van der Waals surface area (Å²) in [7, 11) is 0. The van der Waals surface area contributed by atoms with E-state index in [2.05, 4.69) is 10.7 Å². The molecule has 1 heterocycles. The van der Waals surface area contributed by atoms with Gasteiger partial charge in [0.05, 0.1) is 6.42 Å². The minimum absolute atomic E-state index is 0.000694. The average molecular weight is 140 g/mol. The lowest BCUT2D eigenvalue weighted by Crippen LogP contribution is -2.33. The van der Waals surface area contributed by atoms with Crippen LogP contribution in [0.1, 0.15) is 13.3 Å². The highest BCUT2D eigenvalue weighted by Gasteiger charge is 2.43. The van der Waals surface area contributed by atoms with E-state index in [9.17, 15) is 4.79 Å². The highest BCUT2D eigenvalue weighted by atomic mass is 16.6. The smallest absolute Gasteiger partial charge is 0.310 e. The first-order chi connectivity index (χ1) is 4.58. The number of hydrogen-bond donors (Lipinski definition) is 1. The van der Waals surface area contributed by atoms with E-state index in [0.717, 1.165) is 0 Å². The number of carbonyl (C=O) groups excluding carboxylic acids is 1. The molecule has 0 aromatic rings. The molecule has 3 heteroatoms. The monoisotopic (exact) mass is 140 g/mol. The number of hydrogen-bond acceptors (Lipinski definition) is 3. The number of carbonyl (C=O) groups is 1. The standard InChI is InChI=1S/C7H8O3/c1-3-7(2)5(8)4-6(9)10-7/h1,5,8H,4H2,2H3/t5-,7-/m0/s1. The van der Waals surface area contributed by atoms with Gasteiger partial charge in [0.2, 0.25) is 0 Å². The molecule has 10 heavy (non-hydrogen) atoms. The molecule has 0 saturated carbocycles. The topological polar surface area (TPSA) is 46.5 Å². The maximum atomic E-state index is 10.6. The number of ether oxygens (including phenoxy) is 1. The van der Waals surface area contributed by atoms with Crippen molar-refractivity contribution in [3.63, 3.8) is 0 Å². The van der Waals surface area contributed by atoms with Crippen LogP contribution in [0.4, 0.5) is 0 Å². The Balaban J connectivity index is 2.83. The molecule has 1 aliphatic rings. The number of aliphatic hydroxyl groups excluding tert-OH is 1. The molecule has 2 atom stereocenters. The largest absolute Gasteiger partial charge is 0.443 e. The molecule has 3 nitrogen and oxygen atoms in total. The van der Waals surface area contributed by atoms with Crippen LogP contribution in [-0.2, 0) is 9.53 Å². The second-order valence-corrected chi connectivity index (χ2v) is 2.45. The molecule has 0 aromatic carbocycles. The Hall–Kier alpha value is -1.01. The Bertz CT molecular complexity index is 203. The third-order valence-corrected chi connectivity index (χ3v) is 1.61. The lowest BCUT2D eigenvalue weighted by molar-refractivity contribution is -0.144. The second-order valence-electron chi connectivity index (χ2n) is 2.45. The summed E-state index contributed by atoms with van der Waals surface area (Å²) in [6.45, 7) is 1.52. The Morgan fingerprint density at radius 1 is 2.00 bits per heavy atom. The van der Waals surface area contributed by atoms with Crippen LogP contribution in [0, 0.1) is 12.3 Å². The lowest BCUT2D eigenvalue weighted by Gasteiger charge is -2.18. The van der Waals surface area contributed by atoms with E-state index in [0.29, 0.717) is 0 Å². The van der Waals surface area contributed by atoms with Crippen molar-refractivity contribution in [2.24, 2.45) is 0 Å². The maximum Gasteiger partial charge on any atom is 0.310 e. The molecule has 0 aliphatic carbocycles. The van der Waals surface area contributed by atoms with Gasteiger partial charge >= 0.3 is 5.97 Å². The van der Waals surface area contributed by atoms with Gasteiger partial charge in [0.25, 0.3) is 0 Å². The van der Waals surface area contributed by atoms with Crippen LogP contribution in [0.25, 0.3) is 0 Å². The van der Waals surface area contributed by atoms with E-state index >= 15 is 0 Å². The molecule has 0 bridgehead atoms.